The van der Waals surface area contributed by atoms with Gasteiger partial charge in [-0.2, -0.15) is 0 Å². The number of aromatic nitrogens is 2. The Hall–Kier alpha value is -0.720. The van der Waals surface area contributed by atoms with Crippen molar-refractivity contribution >= 4 is 21.7 Å². The van der Waals surface area contributed by atoms with E-state index in [2.05, 4.69) is 38.1 Å². The van der Waals surface area contributed by atoms with Gasteiger partial charge in [0.15, 0.2) is 0 Å². The number of nitrogens with zero attached hydrogens (tertiary/aromatic N) is 2. The quantitative estimate of drug-likeness (QED) is 0.691. The fraction of sp³-hybridized carbons (Fsp3) is 0.636. The molecule has 0 aliphatic carbocycles. The maximum Gasteiger partial charge on any atom is 0.132 e. The van der Waals surface area contributed by atoms with Gasteiger partial charge in [-0.25, -0.2) is 9.97 Å². The molecule has 0 saturated heterocycles. The lowest BCUT2D eigenvalue weighted by Gasteiger charge is -2.26. The van der Waals surface area contributed by atoms with E-state index in [9.17, 15) is 10.2 Å². The molecule has 3 N–H and O–H groups in total. The van der Waals surface area contributed by atoms with Crippen molar-refractivity contribution in [1.82, 2.24) is 9.97 Å². The average Bonchev–Trinajstić information content (AvgIpc) is 2.28. The molecule has 0 radical (unpaired) electrons. The van der Waals surface area contributed by atoms with Crippen molar-refractivity contribution in [2.24, 2.45) is 0 Å². The molecule has 0 aromatic carbocycles. The second-order valence-electron chi connectivity index (χ2n) is 4.24. The van der Waals surface area contributed by atoms with Crippen LogP contribution in [0.2, 0.25) is 0 Å². The highest BCUT2D eigenvalue weighted by Crippen LogP contribution is 2.17. The molecule has 1 heterocycles. The van der Waals surface area contributed by atoms with Crippen LogP contribution in [0.1, 0.15) is 26.1 Å². The molecule has 0 aliphatic rings. The molecule has 5 nitrogen and oxygen atoms in total. The molecule has 0 aliphatic heterocycles. The van der Waals surface area contributed by atoms with E-state index in [0.29, 0.717) is 10.4 Å². The van der Waals surface area contributed by atoms with Crippen LogP contribution < -0.4 is 5.32 Å². The third-order valence-electron chi connectivity index (χ3n) is 2.34. The van der Waals surface area contributed by atoms with Crippen molar-refractivity contribution < 1.29 is 10.2 Å². The van der Waals surface area contributed by atoms with Crippen LogP contribution in [-0.2, 0) is 6.42 Å². The number of halogens is 1. The average molecular weight is 304 g/mol. The van der Waals surface area contributed by atoms with Gasteiger partial charge in [-0.05, 0) is 29.3 Å². The summed E-state index contributed by atoms with van der Waals surface area (Å²) in [6.07, 6.45) is 1.76. The molecule has 1 aromatic heterocycles. The standard InChI is InChI=1S/C11H18BrN3O2/c1-3-4-9-13-8(12)5-10(14-9)15-11(2,6-16)7-17/h5,16-17H,3-4,6-7H2,1-2H3,(H,13,14,15). The number of nitrogens with one attached hydrogen (secondary N) is 1. The first-order valence-corrected chi connectivity index (χ1v) is 6.35. The maximum absolute atomic E-state index is 9.21. The van der Waals surface area contributed by atoms with Crippen molar-refractivity contribution in [2.45, 2.75) is 32.2 Å². The van der Waals surface area contributed by atoms with Crippen LogP contribution >= 0.6 is 15.9 Å². The SMILES string of the molecule is CCCc1nc(Br)cc(NC(C)(CO)CO)n1. The predicted octanol–water partition coefficient (Wildman–Crippen LogP) is 1.35. The number of aliphatic hydroxyl groups is 2. The predicted molar refractivity (Wildman–Crippen MR) is 69.9 cm³/mol. The van der Waals surface area contributed by atoms with Crippen molar-refractivity contribution in [1.29, 1.82) is 0 Å². The minimum Gasteiger partial charge on any atom is -0.394 e. The lowest BCUT2D eigenvalue weighted by Crippen LogP contribution is -2.42. The largest absolute Gasteiger partial charge is 0.394 e. The Bertz CT molecular complexity index is 370. The van der Waals surface area contributed by atoms with Crippen molar-refractivity contribution in [3.8, 4) is 0 Å². The van der Waals surface area contributed by atoms with Crippen LogP contribution in [0.4, 0.5) is 5.82 Å². The highest BCUT2D eigenvalue weighted by atomic mass is 79.9. The molecular formula is C11H18BrN3O2. The van der Waals surface area contributed by atoms with E-state index < -0.39 is 5.54 Å². The lowest BCUT2D eigenvalue weighted by molar-refractivity contribution is 0.147. The van der Waals surface area contributed by atoms with Gasteiger partial charge in [0.25, 0.3) is 0 Å². The van der Waals surface area contributed by atoms with E-state index in [1.165, 1.54) is 0 Å². The van der Waals surface area contributed by atoms with Crippen LogP contribution in [0.25, 0.3) is 0 Å². The summed E-state index contributed by atoms with van der Waals surface area (Å²) in [7, 11) is 0. The summed E-state index contributed by atoms with van der Waals surface area (Å²) in [5.41, 5.74) is -0.780. The molecule has 0 amide bonds. The molecule has 0 bridgehead atoms. The van der Waals surface area contributed by atoms with Crippen LogP contribution in [0, 0.1) is 0 Å². The Morgan fingerprint density at radius 1 is 1.35 bits per heavy atom. The number of rotatable bonds is 6. The van der Waals surface area contributed by atoms with E-state index in [4.69, 9.17) is 0 Å². The zero-order chi connectivity index (χ0) is 12.9. The summed E-state index contributed by atoms with van der Waals surface area (Å²) in [5.74, 6) is 1.34. The van der Waals surface area contributed by atoms with Crippen molar-refractivity contribution in [3.05, 3.63) is 16.5 Å². The van der Waals surface area contributed by atoms with Crippen LogP contribution in [0.15, 0.2) is 10.7 Å². The summed E-state index contributed by atoms with van der Waals surface area (Å²) in [4.78, 5) is 8.58. The summed E-state index contributed by atoms with van der Waals surface area (Å²) in [5, 5.41) is 21.4. The topological polar surface area (TPSA) is 78.3 Å². The summed E-state index contributed by atoms with van der Waals surface area (Å²) in [6.45, 7) is 3.44. The van der Waals surface area contributed by atoms with Crippen molar-refractivity contribution in [2.75, 3.05) is 18.5 Å². The molecule has 96 valence electrons. The number of hydrogen-bond donors (Lipinski definition) is 3. The number of anilines is 1. The fourth-order valence-corrected chi connectivity index (χ4v) is 1.72. The minimum atomic E-state index is -0.780. The van der Waals surface area contributed by atoms with Gasteiger partial charge in [0, 0.05) is 12.5 Å². The van der Waals surface area contributed by atoms with E-state index >= 15 is 0 Å². The molecular weight excluding hydrogens is 286 g/mol. The number of hydrogen-bond acceptors (Lipinski definition) is 5. The van der Waals surface area contributed by atoms with Gasteiger partial charge in [-0.3, -0.25) is 0 Å². The lowest BCUT2D eigenvalue weighted by atomic mass is 10.1. The van der Waals surface area contributed by atoms with E-state index in [1.54, 1.807) is 13.0 Å². The highest BCUT2D eigenvalue weighted by Gasteiger charge is 2.22. The smallest absolute Gasteiger partial charge is 0.132 e. The molecule has 6 heteroatoms. The first-order chi connectivity index (χ1) is 8.03. The van der Waals surface area contributed by atoms with Crippen molar-refractivity contribution in [3.63, 3.8) is 0 Å². The highest BCUT2D eigenvalue weighted by molar-refractivity contribution is 9.10. The van der Waals surface area contributed by atoms with Gasteiger partial charge in [0.2, 0.25) is 0 Å². The van der Waals surface area contributed by atoms with Crippen LogP contribution in [0.5, 0.6) is 0 Å². The summed E-state index contributed by atoms with van der Waals surface area (Å²) < 4.78 is 0.691. The Labute approximate surface area is 109 Å². The normalized spacial score (nSPS) is 11.6. The summed E-state index contributed by atoms with van der Waals surface area (Å²) >= 11 is 3.32. The molecule has 0 spiro atoms. The third kappa shape index (κ3) is 4.22. The number of aryl methyl sites for hydroxylation is 1. The molecule has 0 saturated carbocycles. The van der Waals surface area contributed by atoms with E-state index in [1.807, 2.05) is 0 Å². The van der Waals surface area contributed by atoms with Gasteiger partial charge in [-0.1, -0.05) is 6.92 Å². The minimum absolute atomic E-state index is 0.172. The third-order valence-corrected chi connectivity index (χ3v) is 2.75. The van der Waals surface area contributed by atoms with Crippen LogP contribution in [0.3, 0.4) is 0 Å². The van der Waals surface area contributed by atoms with Gasteiger partial charge >= 0.3 is 0 Å². The molecule has 1 rings (SSSR count). The van der Waals surface area contributed by atoms with Gasteiger partial charge in [-0.15, -0.1) is 0 Å². The first kappa shape index (κ1) is 14.3. The van der Waals surface area contributed by atoms with Gasteiger partial charge in [0.1, 0.15) is 16.2 Å². The Kier molecular flexibility index (Phi) is 5.30. The Morgan fingerprint density at radius 2 is 2.00 bits per heavy atom. The first-order valence-electron chi connectivity index (χ1n) is 5.56. The zero-order valence-corrected chi connectivity index (χ0v) is 11.7. The molecule has 0 fully saturated rings. The fourth-order valence-electron chi connectivity index (χ4n) is 1.30. The van der Waals surface area contributed by atoms with Gasteiger partial charge in [0.05, 0.1) is 18.8 Å². The zero-order valence-electron chi connectivity index (χ0n) is 10.1. The Balaban J connectivity index is 2.90. The monoisotopic (exact) mass is 303 g/mol. The van der Waals surface area contributed by atoms with Gasteiger partial charge < -0.3 is 15.5 Å². The molecule has 17 heavy (non-hydrogen) atoms. The molecule has 0 atom stereocenters. The molecule has 0 unspecified atom stereocenters. The summed E-state index contributed by atoms with van der Waals surface area (Å²) in [6, 6.07) is 1.72. The number of aliphatic hydroxyl groups excluding tert-OH is 2. The second-order valence-corrected chi connectivity index (χ2v) is 5.06. The second kappa shape index (κ2) is 6.28. The Morgan fingerprint density at radius 3 is 2.53 bits per heavy atom. The van der Waals surface area contributed by atoms with E-state index in [-0.39, 0.29) is 13.2 Å². The maximum atomic E-state index is 9.21. The van der Waals surface area contributed by atoms with E-state index in [0.717, 1.165) is 18.7 Å². The molecule has 1 aromatic rings. The van der Waals surface area contributed by atoms with Crippen LogP contribution in [-0.4, -0.2) is 38.9 Å².